The van der Waals surface area contributed by atoms with Gasteiger partial charge in [-0.25, -0.2) is 13.1 Å². The summed E-state index contributed by atoms with van der Waals surface area (Å²) in [5.41, 5.74) is 6.80. The molecule has 0 fully saturated rings. The molecule has 102 valence electrons. The molecule has 0 radical (unpaired) electrons. The third kappa shape index (κ3) is 4.29. The van der Waals surface area contributed by atoms with E-state index in [-0.39, 0.29) is 4.90 Å². The number of nitrogen functional groups attached to an aromatic ring is 1. The summed E-state index contributed by atoms with van der Waals surface area (Å²) in [4.78, 5) is 0.271. The average molecular weight is 272 g/mol. The molecular weight excluding hydrogens is 252 g/mol. The number of nitrogens with two attached hydrogens (primary N) is 1. The second-order valence-electron chi connectivity index (χ2n) is 3.97. The van der Waals surface area contributed by atoms with Gasteiger partial charge in [0.05, 0.1) is 4.90 Å². The van der Waals surface area contributed by atoms with Crippen LogP contribution in [-0.2, 0) is 14.8 Å². The number of rotatable bonds is 7. The summed E-state index contributed by atoms with van der Waals surface area (Å²) in [6.07, 6.45) is 0.654. The van der Waals surface area contributed by atoms with Crippen LogP contribution >= 0.6 is 0 Å². The molecule has 0 amide bonds. The van der Waals surface area contributed by atoms with Gasteiger partial charge in [0.15, 0.2) is 0 Å². The average Bonchev–Trinajstić information content (AvgIpc) is 2.28. The zero-order valence-electron chi connectivity index (χ0n) is 10.8. The van der Waals surface area contributed by atoms with E-state index in [1.165, 1.54) is 6.07 Å². The van der Waals surface area contributed by atoms with E-state index >= 15 is 0 Å². The van der Waals surface area contributed by atoms with Crippen LogP contribution in [0.4, 0.5) is 5.69 Å². The van der Waals surface area contributed by atoms with Gasteiger partial charge in [0.1, 0.15) is 0 Å². The summed E-state index contributed by atoms with van der Waals surface area (Å²) in [5.74, 6) is 0. The topological polar surface area (TPSA) is 81.4 Å². The van der Waals surface area contributed by atoms with Crippen molar-refractivity contribution in [2.45, 2.75) is 25.2 Å². The maximum atomic E-state index is 12.0. The Bertz CT molecular complexity index is 486. The molecule has 0 aliphatic heterocycles. The molecule has 1 aromatic carbocycles. The van der Waals surface area contributed by atoms with E-state index in [0.29, 0.717) is 37.4 Å². The molecule has 1 aromatic rings. The Morgan fingerprint density at radius 2 is 2.11 bits per heavy atom. The van der Waals surface area contributed by atoms with Crippen LogP contribution < -0.4 is 10.5 Å². The molecule has 6 heteroatoms. The molecule has 3 N–H and O–H groups in total. The van der Waals surface area contributed by atoms with Crippen molar-refractivity contribution < 1.29 is 13.2 Å². The minimum Gasteiger partial charge on any atom is -0.399 e. The van der Waals surface area contributed by atoms with Crippen LogP contribution in [0.5, 0.6) is 0 Å². The van der Waals surface area contributed by atoms with E-state index in [1.54, 1.807) is 19.1 Å². The van der Waals surface area contributed by atoms with E-state index in [4.69, 9.17) is 10.5 Å². The second kappa shape index (κ2) is 6.72. The first-order valence-electron chi connectivity index (χ1n) is 5.91. The molecule has 5 nitrogen and oxygen atoms in total. The predicted octanol–water partition coefficient (Wildman–Crippen LogP) is 1.28. The van der Waals surface area contributed by atoms with Gasteiger partial charge in [0.25, 0.3) is 0 Å². The maximum absolute atomic E-state index is 12.0. The largest absolute Gasteiger partial charge is 0.399 e. The van der Waals surface area contributed by atoms with E-state index in [1.807, 2.05) is 6.92 Å². The van der Waals surface area contributed by atoms with Gasteiger partial charge in [-0.3, -0.25) is 0 Å². The van der Waals surface area contributed by atoms with Crippen LogP contribution in [-0.4, -0.2) is 28.2 Å². The number of anilines is 1. The van der Waals surface area contributed by atoms with Crippen LogP contribution in [0.15, 0.2) is 23.1 Å². The number of nitrogens with one attached hydrogen (secondary N) is 1. The summed E-state index contributed by atoms with van der Waals surface area (Å²) in [6, 6.07) is 4.76. The van der Waals surface area contributed by atoms with Crippen molar-refractivity contribution in [1.29, 1.82) is 0 Å². The van der Waals surface area contributed by atoms with Crippen LogP contribution in [0.2, 0.25) is 0 Å². The quantitative estimate of drug-likeness (QED) is 0.579. The van der Waals surface area contributed by atoms with Gasteiger partial charge in [0, 0.05) is 25.4 Å². The Balaban J connectivity index is 2.63. The molecule has 0 spiro atoms. The molecule has 0 aliphatic rings. The molecule has 0 heterocycles. The predicted molar refractivity (Wildman–Crippen MR) is 71.9 cm³/mol. The Kier molecular flexibility index (Phi) is 5.58. The van der Waals surface area contributed by atoms with Crippen molar-refractivity contribution in [1.82, 2.24) is 4.72 Å². The van der Waals surface area contributed by atoms with E-state index in [2.05, 4.69) is 4.72 Å². The highest BCUT2D eigenvalue weighted by Gasteiger charge is 2.15. The maximum Gasteiger partial charge on any atom is 0.240 e. The summed E-state index contributed by atoms with van der Waals surface area (Å²) < 4.78 is 31.7. The van der Waals surface area contributed by atoms with Crippen LogP contribution in [0.1, 0.15) is 18.9 Å². The van der Waals surface area contributed by atoms with Crippen LogP contribution in [0, 0.1) is 6.92 Å². The van der Waals surface area contributed by atoms with Gasteiger partial charge in [-0.15, -0.1) is 0 Å². The van der Waals surface area contributed by atoms with E-state index < -0.39 is 10.0 Å². The van der Waals surface area contributed by atoms with Crippen molar-refractivity contribution in [2.75, 3.05) is 25.5 Å². The first-order valence-corrected chi connectivity index (χ1v) is 7.39. The SMILES string of the molecule is CCOCCCNS(=O)(=O)c1ccc(N)cc1C. The zero-order valence-corrected chi connectivity index (χ0v) is 11.6. The fourth-order valence-electron chi connectivity index (χ4n) is 1.58. The number of aryl methyl sites for hydroxylation is 1. The van der Waals surface area contributed by atoms with Crippen molar-refractivity contribution in [2.24, 2.45) is 0 Å². The van der Waals surface area contributed by atoms with Gasteiger partial charge in [-0.1, -0.05) is 0 Å². The van der Waals surface area contributed by atoms with Gasteiger partial charge in [-0.2, -0.15) is 0 Å². The standard InChI is InChI=1S/C12H20N2O3S/c1-3-17-8-4-7-14-18(15,16)12-6-5-11(13)9-10(12)2/h5-6,9,14H,3-4,7-8,13H2,1-2H3. The highest BCUT2D eigenvalue weighted by Crippen LogP contribution is 2.17. The first-order chi connectivity index (χ1) is 8.47. The number of hydrogen-bond acceptors (Lipinski definition) is 4. The lowest BCUT2D eigenvalue weighted by atomic mass is 10.2. The molecule has 0 saturated heterocycles. The lowest BCUT2D eigenvalue weighted by Gasteiger charge is -2.09. The van der Waals surface area contributed by atoms with Crippen molar-refractivity contribution in [3.05, 3.63) is 23.8 Å². The third-order valence-corrected chi connectivity index (χ3v) is 4.07. The fourth-order valence-corrected chi connectivity index (χ4v) is 2.88. The highest BCUT2D eigenvalue weighted by molar-refractivity contribution is 7.89. The summed E-state index contributed by atoms with van der Waals surface area (Å²) in [6.45, 7) is 5.20. The van der Waals surface area contributed by atoms with Crippen molar-refractivity contribution >= 4 is 15.7 Å². The van der Waals surface area contributed by atoms with Crippen LogP contribution in [0.3, 0.4) is 0 Å². The number of sulfonamides is 1. The molecule has 0 bridgehead atoms. The fraction of sp³-hybridized carbons (Fsp3) is 0.500. The molecule has 0 saturated carbocycles. The van der Waals surface area contributed by atoms with E-state index in [0.717, 1.165) is 0 Å². The highest BCUT2D eigenvalue weighted by atomic mass is 32.2. The summed E-state index contributed by atoms with van der Waals surface area (Å²) >= 11 is 0. The monoisotopic (exact) mass is 272 g/mol. The smallest absolute Gasteiger partial charge is 0.240 e. The normalized spacial score (nSPS) is 11.7. The second-order valence-corrected chi connectivity index (χ2v) is 5.71. The van der Waals surface area contributed by atoms with Crippen molar-refractivity contribution in [3.63, 3.8) is 0 Å². The van der Waals surface area contributed by atoms with Gasteiger partial charge >= 0.3 is 0 Å². The molecule has 0 unspecified atom stereocenters. The summed E-state index contributed by atoms with van der Waals surface area (Å²) in [5, 5.41) is 0. The minimum atomic E-state index is -3.46. The first kappa shape index (κ1) is 14.9. The zero-order chi connectivity index (χ0) is 13.6. The molecule has 0 aliphatic carbocycles. The Morgan fingerprint density at radius 3 is 2.72 bits per heavy atom. The Labute approximate surface area is 108 Å². The van der Waals surface area contributed by atoms with Gasteiger partial charge in [-0.05, 0) is 44.0 Å². The lowest BCUT2D eigenvalue weighted by molar-refractivity contribution is 0.146. The van der Waals surface area contributed by atoms with Gasteiger partial charge in [0.2, 0.25) is 10.0 Å². The molecule has 0 atom stereocenters. The van der Waals surface area contributed by atoms with E-state index in [9.17, 15) is 8.42 Å². The summed E-state index contributed by atoms with van der Waals surface area (Å²) in [7, 11) is -3.46. The molecule has 1 rings (SSSR count). The minimum absolute atomic E-state index is 0.271. The Hall–Kier alpha value is -1.11. The number of ether oxygens (including phenoxy) is 1. The lowest BCUT2D eigenvalue weighted by Crippen LogP contribution is -2.26. The Morgan fingerprint density at radius 1 is 1.39 bits per heavy atom. The third-order valence-electron chi connectivity index (χ3n) is 2.45. The molecule has 18 heavy (non-hydrogen) atoms. The molecule has 0 aromatic heterocycles. The molecular formula is C12H20N2O3S. The number of benzene rings is 1. The van der Waals surface area contributed by atoms with Gasteiger partial charge < -0.3 is 10.5 Å². The van der Waals surface area contributed by atoms with Crippen LogP contribution in [0.25, 0.3) is 0 Å². The number of hydrogen-bond donors (Lipinski definition) is 2. The van der Waals surface area contributed by atoms with Crippen molar-refractivity contribution in [3.8, 4) is 0 Å².